The minimum Gasteiger partial charge on any atom is -0.481 e. The Labute approximate surface area is 101 Å². The highest BCUT2D eigenvalue weighted by Gasteiger charge is 2.24. The molecule has 96 valence electrons. The van der Waals surface area contributed by atoms with Gasteiger partial charge in [-0.2, -0.15) is 5.10 Å². The maximum absolute atomic E-state index is 11.3. The topological polar surface area (TPSA) is 65.4 Å². The van der Waals surface area contributed by atoms with Crippen LogP contribution in [0.2, 0.25) is 0 Å². The molecule has 0 spiro atoms. The van der Waals surface area contributed by atoms with Gasteiger partial charge in [0.05, 0.1) is 31.9 Å². The second kappa shape index (κ2) is 5.67. The molecule has 17 heavy (non-hydrogen) atoms. The molecule has 0 radical (unpaired) electrons. The Kier molecular flexibility index (Phi) is 4.51. The van der Waals surface area contributed by atoms with E-state index in [0.29, 0.717) is 5.88 Å². The van der Waals surface area contributed by atoms with Gasteiger partial charge in [-0.3, -0.25) is 4.79 Å². The Morgan fingerprint density at radius 1 is 1.53 bits per heavy atom. The quantitative estimate of drug-likeness (QED) is 0.763. The van der Waals surface area contributed by atoms with Gasteiger partial charge >= 0.3 is 5.97 Å². The van der Waals surface area contributed by atoms with Gasteiger partial charge in [-0.25, -0.2) is 4.68 Å². The molecule has 6 heteroatoms. The summed E-state index contributed by atoms with van der Waals surface area (Å²) in [5.41, 5.74) is 1.73. The summed E-state index contributed by atoms with van der Waals surface area (Å²) in [5.74, 6) is 0.389. The first-order valence-corrected chi connectivity index (χ1v) is 5.36. The number of nitrogens with zero attached hydrogens (tertiary/aromatic N) is 2. The lowest BCUT2D eigenvalue weighted by molar-refractivity contribution is -0.141. The SMILES string of the molecule is CNC(CC(=O)OC)c1c(C)nn(C)c1OC. The summed E-state index contributed by atoms with van der Waals surface area (Å²) in [5, 5.41) is 7.36. The summed E-state index contributed by atoms with van der Waals surface area (Å²) < 4.78 is 11.6. The van der Waals surface area contributed by atoms with Crippen molar-refractivity contribution >= 4 is 5.97 Å². The molecule has 0 saturated carbocycles. The maximum Gasteiger partial charge on any atom is 0.307 e. The van der Waals surface area contributed by atoms with Gasteiger partial charge in [-0.15, -0.1) is 0 Å². The van der Waals surface area contributed by atoms with Crippen LogP contribution in [-0.2, 0) is 16.6 Å². The Bertz CT molecular complexity index is 401. The van der Waals surface area contributed by atoms with Crippen LogP contribution in [0.3, 0.4) is 0 Å². The summed E-state index contributed by atoms with van der Waals surface area (Å²) in [6.07, 6.45) is 0.246. The third-order valence-corrected chi connectivity index (χ3v) is 2.70. The zero-order valence-electron chi connectivity index (χ0n) is 10.9. The number of methoxy groups -OCH3 is 2. The number of carbonyl (C=O) groups is 1. The fraction of sp³-hybridized carbons (Fsp3) is 0.636. The molecule has 1 aromatic rings. The van der Waals surface area contributed by atoms with Crippen molar-refractivity contribution in [3.8, 4) is 5.88 Å². The summed E-state index contributed by atoms with van der Waals surface area (Å²) >= 11 is 0. The molecule has 1 aromatic heterocycles. The van der Waals surface area contributed by atoms with Gasteiger partial charge in [0.2, 0.25) is 5.88 Å². The molecule has 1 N–H and O–H groups in total. The largest absolute Gasteiger partial charge is 0.481 e. The predicted octanol–water partition coefficient (Wildman–Crippen LogP) is 0.561. The first-order valence-electron chi connectivity index (χ1n) is 5.36. The molecule has 0 aliphatic heterocycles. The molecule has 1 unspecified atom stereocenters. The van der Waals surface area contributed by atoms with Crippen LogP contribution in [0, 0.1) is 6.92 Å². The van der Waals surface area contributed by atoms with Crippen LogP contribution in [0.1, 0.15) is 23.7 Å². The number of carbonyl (C=O) groups excluding carboxylic acids is 1. The highest BCUT2D eigenvalue weighted by molar-refractivity contribution is 5.70. The van der Waals surface area contributed by atoms with Crippen molar-refractivity contribution in [2.24, 2.45) is 7.05 Å². The van der Waals surface area contributed by atoms with Crippen LogP contribution < -0.4 is 10.1 Å². The van der Waals surface area contributed by atoms with Gasteiger partial charge in [0.1, 0.15) is 0 Å². The van der Waals surface area contributed by atoms with Gasteiger partial charge in [-0.05, 0) is 14.0 Å². The van der Waals surface area contributed by atoms with E-state index in [9.17, 15) is 4.79 Å². The van der Waals surface area contributed by atoms with Crippen LogP contribution in [0.15, 0.2) is 0 Å². The van der Waals surface area contributed by atoms with Crippen LogP contribution in [0.5, 0.6) is 5.88 Å². The van der Waals surface area contributed by atoms with Crippen molar-refractivity contribution in [3.05, 3.63) is 11.3 Å². The summed E-state index contributed by atoms with van der Waals surface area (Å²) in [6.45, 7) is 1.89. The number of hydrogen-bond acceptors (Lipinski definition) is 5. The fourth-order valence-corrected chi connectivity index (χ4v) is 1.90. The van der Waals surface area contributed by atoms with E-state index in [-0.39, 0.29) is 18.4 Å². The van der Waals surface area contributed by atoms with E-state index in [0.717, 1.165) is 11.3 Å². The molecule has 0 saturated heterocycles. The van der Waals surface area contributed by atoms with E-state index in [2.05, 4.69) is 15.2 Å². The Morgan fingerprint density at radius 3 is 2.65 bits per heavy atom. The average molecular weight is 241 g/mol. The summed E-state index contributed by atoms with van der Waals surface area (Å²) in [6, 6.07) is -0.161. The zero-order chi connectivity index (χ0) is 13.0. The average Bonchev–Trinajstić information content (AvgIpc) is 2.60. The fourth-order valence-electron chi connectivity index (χ4n) is 1.90. The Balaban J connectivity index is 3.06. The standard InChI is InChI=1S/C11H19N3O3/c1-7-10(11(17-5)14(3)13-7)8(12-2)6-9(15)16-4/h8,12H,6H2,1-5H3. The number of ether oxygens (including phenoxy) is 2. The van der Waals surface area contributed by atoms with Gasteiger partial charge in [-0.1, -0.05) is 0 Å². The number of rotatable bonds is 5. The first-order chi connectivity index (χ1) is 8.04. The molecule has 0 fully saturated rings. The number of aromatic nitrogens is 2. The molecule has 0 aliphatic carbocycles. The Morgan fingerprint density at radius 2 is 2.18 bits per heavy atom. The number of aryl methyl sites for hydroxylation is 2. The molecule has 0 amide bonds. The molecular formula is C11H19N3O3. The van der Waals surface area contributed by atoms with Crippen LogP contribution >= 0.6 is 0 Å². The van der Waals surface area contributed by atoms with E-state index in [1.165, 1.54) is 7.11 Å². The van der Waals surface area contributed by atoms with Crippen LogP contribution in [0.4, 0.5) is 0 Å². The highest BCUT2D eigenvalue weighted by Crippen LogP contribution is 2.29. The summed E-state index contributed by atoms with van der Waals surface area (Å²) in [4.78, 5) is 11.3. The van der Waals surface area contributed by atoms with Gasteiger partial charge < -0.3 is 14.8 Å². The highest BCUT2D eigenvalue weighted by atomic mass is 16.5. The molecule has 1 heterocycles. The van der Waals surface area contributed by atoms with Crippen molar-refractivity contribution in [3.63, 3.8) is 0 Å². The molecule has 0 aliphatic rings. The molecule has 1 rings (SSSR count). The van der Waals surface area contributed by atoms with Crippen molar-refractivity contribution in [1.29, 1.82) is 0 Å². The van der Waals surface area contributed by atoms with Gasteiger partial charge in [0.15, 0.2) is 0 Å². The second-order valence-electron chi connectivity index (χ2n) is 3.75. The zero-order valence-corrected chi connectivity index (χ0v) is 10.9. The number of esters is 1. The van der Waals surface area contributed by atoms with Crippen molar-refractivity contribution in [1.82, 2.24) is 15.1 Å². The molecule has 0 bridgehead atoms. The minimum absolute atomic E-state index is 0.161. The first kappa shape index (κ1) is 13.5. The Hall–Kier alpha value is -1.56. The lowest BCUT2D eigenvalue weighted by Crippen LogP contribution is -2.21. The van der Waals surface area contributed by atoms with E-state index >= 15 is 0 Å². The van der Waals surface area contributed by atoms with E-state index in [4.69, 9.17) is 4.74 Å². The molecular weight excluding hydrogens is 222 g/mol. The number of hydrogen-bond donors (Lipinski definition) is 1. The summed E-state index contributed by atoms with van der Waals surface area (Å²) in [7, 11) is 6.56. The van der Waals surface area contributed by atoms with Gasteiger partial charge in [0, 0.05) is 13.1 Å². The van der Waals surface area contributed by atoms with Crippen molar-refractivity contribution < 1.29 is 14.3 Å². The van der Waals surface area contributed by atoms with Crippen molar-refractivity contribution in [2.75, 3.05) is 21.3 Å². The lowest BCUT2D eigenvalue weighted by atomic mass is 10.0. The third kappa shape index (κ3) is 2.76. The number of nitrogens with one attached hydrogen (secondary N) is 1. The smallest absolute Gasteiger partial charge is 0.307 e. The normalized spacial score (nSPS) is 12.3. The monoisotopic (exact) mass is 241 g/mol. The minimum atomic E-state index is -0.269. The van der Waals surface area contributed by atoms with E-state index in [1.807, 2.05) is 6.92 Å². The van der Waals surface area contributed by atoms with Crippen LogP contribution in [0.25, 0.3) is 0 Å². The molecule has 6 nitrogen and oxygen atoms in total. The third-order valence-electron chi connectivity index (χ3n) is 2.70. The lowest BCUT2D eigenvalue weighted by Gasteiger charge is -2.16. The maximum atomic E-state index is 11.3. The van der Waals surface area contributed by atoms with Gasteiger partial charge in [0.25, 0.3) is 0 Å². The van der Waals surface area contributed by atoms with Crippen molar-refractivity contribution in [2.45, 2.75) is 19.4 Å². The molecule has 1 atom stereocenters. The predicted molar refractivity (Wildman–Crippen MR) is 62.9 cm³/mol. The second-order valence-corrected chi connectivity index (χ2v) is 3.75. The molecule has 0 aromatic carbocycles. The van der Waals surface area contributed by atoms with E-state index in [1.54, 1.807) is 25.9 Å². The van der Waals surface area contributed by atoms with E-state index < -0.39 is 0 Å². The van der Waals surface area contributed by atoms with Crippen LogP contribution in [-0.4, -0.2) is 37.0 Å².